The van der Waals surface area contributed by atoms with E-state index in [4.69, 9.17) is 14.5 Å². The van der Waals surface area contributed by atoms with Crippen molar-refractivity contribution in [3.05, 3.63) is 0 Å². The first kappa shape index (κ1) is 26.9. The summed E-state index contributed by atoms with van der Waals surface area (Å²) in [6.45, 7) is 16.4. The highest BCUT2D eigenvalue weighted by atomic mass is 127. The van der Waals surface area contributed by atoms with Gasteiger partial charge in [-0.3, -0.25) is 4.99 Å². The first-order valence-corrected chi connectivity index (χ1v) is 10.7. The quantitative estimate of drug-likeness (QED) is 0.177. The van der Waals surface area contributed by atoms with E-state index in [1.807, 2.05) is 0 Å². The third-order valence-corrected chi connectivity index (χ3v) is 4.83. The van der Waals surface area contributed by atoms with E-state index in [1.54, 1.807) is 0 Å². The Morgan fingerprint density at radius 1 is 1.19 bits per heavy atom. The zero-order chi connectivity index (χ0) is 19.0. The van der Waals surface area contributed by atoms with Crippen LogP contribution in [0.15, 0.2) is 4.99 Å². The van der Waals surface area contributed by atoms with Crippen LogP contribution in [0.5, 0.6) is 0 Å². The third-order valence-electron chi connectivity index (χ3n) is 4.83. The maximum Gasteiger partial charge on any atom is 0.191 e. The van der Waals surface area contributed by atoms with Crippen LogP contribution < -0.4 is 10.6 Å². The van der Waals surface area contributed by atoms with Crippen molar-refractivity contribution >= 4 is 29.9 Å². The standard InChI is InChI=1S/C20H42N4O2.HI/c1-5-21-20(23-18(4)10-8-14-24(6-2)7-3)22-13-9-15-26-19-11-16-25-17-12-19;/h18-19H,5-17H2,1-4H3,(H2,21,22,23);1H. The number of nitrogens with zero attached hydrogens (tertiary/aromatic N) is 2. The average molecular weight is 498 g/mol. The second-order valence-electron chi connectivity index (χ2n) is 7.01. The zero-order valence-corrected chi connectivity index (χ0v) is 20.3. The number of hydrogen-bond acceptors (Lipinski definition) is 4. The predicted molar refractivity (Wildman–Crippen MR) is 125 cm³/mol. The molecule has 6 nitrogen and oxygen atoms in total. The molecular formula is C20H43IN4O2. The normalized spacial score (nSPS) is 16.9. The van der Waals surface area contributed by atoms with Gasteiger partial charge in [0.05, 0.1) is 6.10 Å². The average Bonchev–Trinajstić information content (AvgIpc) is 2.66. The van der Waals surface area contributed by atoms with Crippen LogP contribution in [0, 0.1) is 0 Å². The smallest absolute Gasteiger partial charge is 0.191 e. The minimum atomic E-state index is 0. The van der Waals surface area contributed by atoms with Gasteiger partial charge in [-0.2, -0.15) is 0 Å². The molecule has 1 heterocycles. The van der Waals surface area contributed by atoms with E-state index >= 15 is 0 Å². The Kier molecular flexibility index (Phi) is 17.9. The lowest BCUT2D eigenvalue weighted by atomic mass is 10.1. The molecule has 7 heteroatoms. The summed E-state index contributed by atoms with van der Waals surface area (Å²) in [5.41, 5.74) is 0. The van der Waals surface area contributed by atoms with E-state index in [0.29, 0.717) is 12.1 Å². The number of rotatable bonds is 13. The largest absolute Gasteiger partial charge is 0.381 e. The molecule has 1 atom stereocenters. The van der Waals surface area contributed by atoms with Crippen molar-refractivity contribution in [2.24, 2.45) is 4.99 Å². The molecule has 0 aromatic heterocycles. The van der Waals surface area contributed by atoms with Crippen LogP contribution in [0.4, 0.5) is 0 Å². The Balaban J connectivity index is 0.00000676. The summed E-state index contributed by atoms with van der Waals surface area (Å²) in [6, 6.07) is 0.432. The molecule has 0 radical (unpaired) electrons. The van der Waals surface area contributed by atoms with Gasteiger partial charge in [0.2, 0.25) is 0 Å². The molecule has 1 unspecified atom stereocenters. The number of aliphatic imine (C=N–C) groups is 1. The molecule has 0 spiro atoms. The highest BCUT2D eigenvalue weighted by molar-refractivity contribution is 14.0. The van der Waals surface area contributed by atoms with Gasteiger partial charge in [0, 0.05) is 39.0 Å². The minimum Gasteiger partial charge on any atom is -0.381 e. The molecule has 2 N–H and O–H groups in total. The van der Waals surface area contributed by atoms with Crippen LogP contribution in [-0.4, -0.2) is 75.5 Å². The molecule has 1 aliphatic rings. The van der Waals surface area contributed by atoms with Crippen molar-refractivity contribution in [1.29, 1.82) is 0 Å². The minimum absolute atomic E-state index is 0. The molecule has 0 aromatic carbocycles. The monoisotopic (exact) mass is 498 g/mol. The lowest BCUT2D eigenvalue weighted by Gasteiger charge is -2.22. The number of hydrogen-bond donors (Lipinski definition) is 2. The predicted octanol–water partition coefficient (Wildman–Crippen LogP) is 3.26. The van der Waals surface area contributed by atoms with E-state index in [-0.39, 0.29) is 24.0 Å². The van der Waals surface area contributed by atoms with E-state index in [1.165, 1.54) is 13.0 Å². The fourth-order valence-electron chi connectivity index (χ4n) is 3.13. The summed E-state index contributed by atoms with van der Waals surface area (Å²) in [7, 11) is 0. The van der Waals surface area contributed by atoms with E-state index in [2.05, 4.69) is 43.2 Å². The fraction of sp³-hybridized carbons (Fsp3) is 0.950. The first-order valence-electron chi connectivity index (χ1n) is 10.7. The SMILES string of the molecule is CCNC(=NCCCOC1CCOCC1)NC(C)CCCN(CC)CC.I. The van der Waals surface area contributed by atoms with Crippen molar-refractivity contribution in [3.8, 4) is 0 Å². The highest BCUT2D eigenvalue weighted by Crippen LogP contribution is 2.10. The van der Waals surface area contributed by atoms with E-state index in [9.17, 15) is 0 Å². The summed E-state index contributed by atoms with van der Waals surface area (Å²) < 4.78 is 11.3. The Bertz CT molecular complexity index is 362. The van der Waals surface area contributed by atoms with Crippen molar-refractivity contribution in [2.45, 2.75) is 71.9 Å². The van der Waals surface area contributed by atoms with Gasteiger partial charge < -0.3 is 25.0 Å². The zero-order valence-electron chi connectivity index (χ0n) is 18.0. The molecule has 1 fully saturated rings. The highest BCUT2D eigenvalue weighted by Gasteiger charge is 2.13. The van der Waals surface area contributed by atoms with Crippen molar-refractivity contribution in [3.63, 3.8) is 0 Å². The van der Waals surface area contributed by atoms with Gasteiger partial charge in [-0.1, -0.05) is 13.8 Å². The molecule has 1 rings (SSSR count). The molecule has 0 saturated carbocycles. The summed E-state index contributed by atoms with van der Waals surface area (Å²) >= 11 is 0. The molecule has 27 heavy (non-hydrogen) atoms. The molecule has 0 bridgehead atoms. The Hall–Kier alpha value is -0.120. The number of guanidine groups is 1. The lowest BCUT2D eigenvalue weighted by molar-refractivity contribution is -0.0318. The summed E-state index contributed by atoms with van der Waals surface area (Å²) in [5, 5.41) is 6.88. The van der Waals surface area contributed by atoms with Gasteiger partial charge >= 0.3 is 0 Å². The van der Waals surface area contributed by atoms with Gasteiger partial charge in [-0.25, -0.2) is 0 Å². The van der Waals surface area contributed by atoms with Crippen LogP contribution >= 0.6 is 24.0 Å². The van der Waals surface area contributed by atoms with Gasteiger partial charge in [0.25, 0.3) is 0 Å². The summed E-state index contributed by atoms with van der Waals surface area (Å²) in [5.74, 6) is 0.925. The molecular weight excluding hydrogens is 455 g/mol. The number of nitrogens with one attached hydrogen (secondary N) is 2. The van der Waals surface area contributed by atoms with E-state index in [0.717, 1.165) is 77.6 Å². The van der Waals surface area contributed by atoms with Crippen molar-refractivity contribution in [1.82, 2.24) is 15.5 Å². The Morgan fingerprint density at radius 2 is 1.89 bits per heavy atom. The molecule has 1 aliphatic heterocycles. The molecule has 0 aromatic rings. The van der Waals surface area contributed by atoms with Gasteiger partial charge in [0.15, 0.2) is 5.96 Å². The second-order valence-corrected chi connectivity index (χ2v) is 7.01. The van der Waals surface area contributed by atoms with Crippen LogP contribution in [0.1, 0.15) is 59.8 Å². The Labute approximate surface area is 184 Å². The van der Waals surface area contributed by atoms with Gasteiger partial charge in [-0.15, -0.1) is 24.0 Å². The molecule has 0 amide bonds. The molecule has 162 valence electrons. The second kappa shape index (κ2) is 17.9. The number of ether oxygens (including phenoxy) is 2. The van der Waals surface area contributed by atoms with Crippen LogP contribution in [0.25, 0.3) is 0 Å². The van der Waals surface area contributed by atoms with Crippen molar-refractivity contribution < 1.29 is 9.47 Å². The number of halogens is 1. The summed E-state index contributed by atoms with van der Waals surface area (Å²) in [4.78, 5) is 7.17. The van der Waals surface area contributed by atoms with Crippen molar-refractivity contribution in [2.75, 3.05) is 52.5 Å². The summed E-state index contributed by atoms with van der Waals surface area (Å²) in [6.07, 6.45) is 5.77. The topological polar surface area (TPSA) is 58.1 Å². The van der Waals surface area contributed by atoms with E-state index < -0.39 is 0 Å². The molecule has 1 saturated heterocycles. The van der Waals surface area contributed by atoms with Gasteiger partial charge in [0.1, 0.15) is 0 Å². The van der Waals surface area contributed by atoms with Crippen LogP contribution in [-0.2, 0) is 9.47 Å². The maximum absolute atomic E-state index is 5.91. The lowest BCUT2D eigenvalue weighted by Crippen LogP contribution is -2.42. The Morgan fingerprint density at radius 3 is 2.52 bits per heavy atom. The molecule has 0 aliphatic carbocycles. The van der Waals surface area contributed by atoms with Crippen LogP contribution in [0.3, 0.4) is 0 Å². The van der Waals surface area contributed by atoms with Gasteiger partial charge in [-0.05, 0) is 65.6 Å². The first-order chi connectivity index (χ1) is 12.7. The fourth-order valence-corrected chi connectivity index (χ4v) is 3.13. The third kappa shape index (κ3) is 13.7. The van der Waals surface area contributed by atoms with Crippen LogP contribution in [0.2, 0.25) is 0 Å². The maximum atomic E-state index is 5.91.